The van der Waals surface area contributed by atoms with Crippen LogP contribution in [0.5, 0.6) is 0 Å². The van der Waals surface area contributed by atoms with Crippen molar-refractivity contribution in [3.05, 3.63) is 47.5 Å². The molecule has 0 aromatic heterocycles. The van der Waals surface area contributed by atoms with Crippen molar-refractivity contribution in [2.24, 2.45) is 5.41 Å². The largest absolute Gasteiger partial charge is 0.409 e. The van der Waals surface area contributed by atoms with Gasteiger partial charge in [0.25, 0.3) is 0 Å². The molecule has 1 atom stereocenters. The van der Waals surface area contributed by atoms with Gasteiger partial charge in [-0.2, -0.15) is 13.2 Å². The molecule has 0 saturated carbocycles. The van der Waals surface area contributed by atoms with Crippen molar-refractivity contribution in [3.8, 4) is 0 Å². The van der Waals surface area contributed by atoms with Gasteiger partial charge in [-0.25, -0.2) is 5.01 Å². The second-order valence-electron chi connectivity index (χ2n) is 7.19. The molecule has 1 aliphatic heterocycles. The molecule has 2 aromatic carbocycles. The minimum Gasteiger partial charge on any atom is -0.287 e. The molecule has 1 heterocycles. The molecule has 1 N–H and O–H groups in total. The molecule has 134 valence electrons. The molecule has 0 aliphatic carbocycles. The van der Waals surface area contributed by atoms with E-state index >= 15 is 0 Å². The van der Waals surface area contributed by atoms with Gasteiger partial charge in [0.1, 0.15) is 6.04 Å². The number of hydrogen-bond acceptors (Lipinski definition) is 2. The van der Waals surface area contributed by atoms with E-state index in [0.717, 1.165) is 27.8 Å². The monoisotopic (exact) mass is 350 g/mol. The Balaban J connectivity index is 2.05. The number of aryl methyl sites for hydroxylation is 1. The number of rotatable bonds is 3. The van der Waals surface area contributed by atoms with E-state index in [-0.39, 0.29) is 12.1 Å². The Morgan fingerprint density at radius 3 is 2.40 bits per heavy atom. The summed E-state index contributed by atoms with van der Waals surface area (Å²) in [6.45, 7) is 5.29. The summed E-state index contributed by atoms with van der Waals surface area (Å²) < 4.78 is 41.4. The number of nitrogens with zero attached hydrogens (tertiary/aromatic N) is 1. The van der Waals surface area contributed by atoms with Gasteiger partial charge in [-0.05, 0) is 48.2 Å². The lowest BCUT2D eigenvalue weighted by atomic mass is 9.93. The molecule has 1 fully saturated rings. The number of hydrogen-bond donors (Lipinski definition) is 1. The minimum absolute atomic E-state index is 0.00302. The summed E-state index contributed by atoms with van der Waals surface area (Å²) in [5.74, 6) is -0.393. The predicted molar refractivity (Wildman–Crippen MR) is 90.8 cm³/mol. The molecule has 0 spiro atoms. The standard InChI is InChI=1S/C19H21F3N2O/c1-4-12-5-6-13-7-8-14(10-15(13)9-12)16(19(20,21)22)24-11-18(2,3)17(25)23-24/h5-10,16H,4,11H2,1-3H3,(H,23,25). The Labute approximate surface area is 144 Å². The fourth-order valence-corrected chi connectivity index (χ4v) is 3.23. The second-order valence-corrected chi connectivity index (χ2v) is 7.19. The van der Waals surface area contributed by atoms with E-state index in [1.165, 1.54) is 6.07 Å². The Kier molecular flexibility index (Phi) is 4.27. The van der Waals surface area contributed by atoms with E-state index in [1.54, 1.807) is 26.0 Å². The first kappa shape index (κ1) is 17.7. The van der Waals surface area contributed by atoms with Crippen LogP contribution in [0.4, 0.5) is 13.2 Å². The highest BCUT2D eigenvalue weighted by Crippen LogP contribution is 2.41. The van der Waals surface area contributed by atoms with Crippen molar-refractivity contribution >= 4 is 16.7 Å². The lowest BCUT2D eigenvalue weighted by Gasteiger charge is -2.30. The molecule has 25 heavy (non-hydrogen) atoms. The van der Waals surface area contributed by atoms with E-state index in [2.05, 4.69) is 5.43 Å². The van der Waals surface area contributed by atoms with E-state index in [0.29, 0.717) is 0 Å². The second kappa shape index (κ2) is 6.02. The summed E-state index contributed by atoms with van der Waals surface area (Å²) in [5.41, 5.74) is 2.75. The van der Waals surface area contributed by atoms with E-state index in [4.69, 9.17) is 0 Å². The van der Waals surface area contributed by atoms with Crippen molar-refractivity contribution < 1.29 is 18.0 Å². The average Bonchev–Trinajstić information content (AvgIpc) is 2.78. The third-order valence-electron chi connectivity index (χ3n) is 4.70. The maximum absolute atomic E-state index is 13.8. The van der Waals surface area contributed by atoms with Gasteiger partial charge in [-0.3, -0.25) is 10.2 Å². The highest BCUT2D eigenvalue weighted by atomic mass is 19.4. The quantitative estimate of drug-likeness (QED) is 0.891. The zero-order valence-electron chi connectivity index (χ0n) is 14.4. The van der Waals surface area contributed by atoms with E-state index in [9.17, 15) is 18.0 Å². The van der Waals surface area contributed by atoms with E-state index < -0.39 is 23.5 Å². The molecule has 0 radical (unpaired) electrons. The zero-order valence-corrected chi connectivity index (χ0v) is 14.4. The van der Waals surface area contributed by atoms with Crippen LogP contribution >= 0.6 is 0 Å². The van der Waals surface area contributed by atoms with Crippen LogP contribution in [0.25, 0.3) is 10.8 Å². The van der Waals surface area contributed by atoms with Crippen LogP contribution in [0.3, 0.4) is 0 Å². The van der Waals surface area contributed by atoms with Crippen molar-refractivity contribution in [3.63, 3.8) is 0 Å². The van der Waals surface area contributed by atoms with Gasteiger partial charge in [0.15, 0.2) is 0 Å². The van der Waals surface area contributed by atoms with Crippen molar-refractivity contribution in [2.75, 3.05) is 6.54 Å². The zero-order chi connectivity index (χ0) is 18.4. The number of halogens is 3. The number of amides is 1. The molecule has 1 unspecified atom stereocenters. The van der Waals surface area contributed by atoms with Gasteiger partial charge >= 0.3 is 6.18 Å². The maximum Gasteiger partial charge on any atom is 0.409 e. The number of hydrazine groups is 1. The summed E-state index contributed by atoms with van der Waals surface area (Å²) in [4.78, 5) is 11.9. The maximum atomic E-state index is 13.8. The lowest BCUT2D eigenvalue weighted by Crippen LogP contribution is -2.43. The molecule has 2 aromatic rings. The lowest BCUT2D eigenvalue weighted by molar-refractivity contribution is -0.191. The number of carbonyl (C=O) groups is 1. The van der Waals surface area contributed by atoms with Gasteiger partial charge in [0.2, 0.25) is 5.91 Å². The summed E-state index contributed by atoms with van der Waals surface area (Å²) in [6.07, 6.45) is -3.68. The molecular formula is C19H21F3N2O. The molecule has 0 bridgehead atoms. The van der Waals surface area contributed by atoms with Gasteiger partial charge in [-0.15, -0.1) is 0 Å². The topological polar surface area (TPSA) is 32.3 Å². The summed E-state index contributed by atoms with van der Waals surface area (Å²) >= 11 is 0. The first-order valence-electron chi connectivity index (χ1n) is 8.29. The highest BCUT2D eigenvalue weighted by Gasteiger charge is 2.51. The molecule has 6 heteroatoms. The predicted octanol–water partition coefficient (Wildman–Crippen LogP) is 4.38. The summed E-state index contributed by atoms with van der Waals surface area (Å²) in [5, 5.41) is 2.68. The third kappa shape index (κ3) is 3.35. The fraction of sp³-hybridized carbons (Fsp3) is 0.421. The number of benzene rings is 2. The molecule has 1 amide bonds. The van der Waals surface area contributed by atoms with Crippen LogP contribution in [0.1, 0.15) is 37.9 Å². The number of alkyl halides is 3. The van der Waals surface area contributed by atoms with Crippen LogP contribution in [0, 0.1) is 5.41 Å². The summed E-state index contributed by atoms with van der Waals surface area (Å²) in [6, 6.07) is 8.71. The molecule has 3 nitrogen and oxygen atoms in total. The van der Waals surface area contributed by atoms with Gasteiger partial charge in [0.05, 0.1) is 5.41 Å². The van der Waals surface area contributed by atoms with Crippen molar-refractivity contribution in [2.45, 2.75) is 39.4 Å². The molecule has 3 rings (SSSR count). The fourth-order valence-electron chi connectivity index (χ4n) is 3.23. The number of nitrogens with one attached hydrogen (secondary N) is 1. The smallest absolute Gasteiger partial charge is 0.287 e. The molecular weight excluding hydrogens is 329 g/mol. The Bertz CT molecular complexity index is 814. The first-order valence-corrected chi connectivity index (χ1v) is 8.29. The Morgan fingerprint density at radius 1 is 1.16 bits per heavy atom. The Morgan fingerprint density at radius 2 is 1.84 bits per heavy atom. The Hall–Kier alpha value is -2.08. The third-order valence-corrected chi connectivity index (χ3v) is 4.70. The number of carbonyl (C=O) groups excluding carboxylic acids is 1. The number of fused-ring (bicyclic) bond motifs is 1. The van der Waals surface area contributed by atoms with Crippen LogP contribution in [0.2, 0.25) is 0 Å². The van der Waals surface area contributed by atoms with Crippen LogP contribution in [-0.4, -0.2) is 23.6 Å². The normalized spacial score (nSPS) is 19.2. The average molecular weight is 350 g/mol. The summed E-state index contributed by atoms with van der Waals surface area (Å²) in [7, 11) is 0. The van der Waals surface area contributed by atoms with E-state index in [1.807, 2.05) is 25.1 Å². The van der Waals surface area contributed by atoms with Crippen molar-refractivity contribution in [1.29, 1.82) is 0 Å². The van der Waals surface area contributed by atoms with Crippen LogP contribution in [0.15, 0.2) is 36.4 Å². The SMILES string of the molecule is CCc1ccc2ccc(C(N3CC(C)(C)C(=O)N3)C(F)(F)F)cc2c1. The highest BCUT2D eigenvalue weighted by molar-refractivity contribution is 5.85. The van der Waals surface area contributed by atoms with Crippen LogP contribution < -0.4 is 5.43 Å². The van der Waals surface area contributed by atoms with Crippen LogP contribution in [-0.2, 0) is 11.2 Å². The minimum atomic E-state index is -4.50. The first-order chi connectivity index (χ1) is 11.6. The van der Waals surface area contributed by atoms with Gasteiger partial charge < -0.3 is 0 Å². The molecule has 1 saturated heterocycles. The molecule has 1 aliphatic rings. The van der Waals surface area contributed by atoms with Gasteiger partial charge in [0, 0.05) is 6.54 Å². The van der Waals surface area contributed by atoms with Gasteiger partial charge in [-0.1, -0.05) is 37.3 Å². The van der Waals surface area contributed by atoms with Crippen molar-refractivity contribution in [1.82, 2.24) is 10.4 Å².